The Morgan fingerprint density at radius 3 is 2.45 bits per heavy atom. The molecule has 2 aliphatic heterocycles. The third-order valence-corrected chi connectivity index (χ3v) is 7.92. The van der Waals surface area contributed by atoms with Gasteiger partial charge in [-0.3, -0.25) is 14.5 Å². The molecule has 3 aromatic carbocycles. The maximum atomic E-state index is 13.6. The molecule has 0 spiro atoms. The smallest absolute Gasteiger partial charge is 0.271 e. The first-order chi connectivity index (χ1) is 15.8. The van der Waals surface area contributed by atoms with Gasteiger partial charge in [-0.05, 0) is 42.0 Å². The summed E-state index contributed by atoms with van der Waals surface area (Å²) >= 11 is 22.3. The summed E-state index contributed by atoms with van der Waals surface area (Å²) in [5, 5.41) is 0.700. The van der Waals surface area contributed by atoms with Crippen molar-refractivity contribution in [1.29, 1.82) is 0 Å². The van der Waals surface area contributed by atoms with E-state index in [9.17, 15) is 9.59 Å². The van der Waals surface area contributed by atoms with E-state index in [-0.39, 0.29) is 11.8 Å². The minimum Gasteiger partial charge on any atom is -0.303 e. The molecule has 0 N–H and O–H groups in total. The molecule has 0 atom stereocenters. The number of rotatable bonds is 3. The van der Waals surface area contributed by atoms with Gasteiger partial charge in [0.2, 0.25) is 0 Å². The molecule has 2 heterocycles. The number of thioether (sulfide) groups is 1. The predicted octanol–water partition coefficient (Wildman–Crippen LogP) is 7.08. The van der Waals surface area contributed by atoms with Crippen molar-refractivity contribution >= 4 is 96.2 Å². The van der Waals surface area contributed by atoms with E-state index in [1.165, 1.54) is 4.90 Å². The summed E-state index contributed by atoms with van der Waals surface area (Å²) < 4.78 is 1.26. The highest BCUT2D eigenvalue weighted by atomic mass is 79.9. The highest BCUT2D eigenvalue weighted by molar-refractivity contribution is 9.10. The van der Waals surface area contributed by atoms with Crippen molar-refractivity contribution in [3.63, 3.8) is 0 Å². The molecular formula is C24H13BrCl2N2O2S2. The Kier molecular flexibility index (Phi) is 6.09. The number of amides is 2. The summed E-state index contributed by atoms with van der Waals surface area (Å²) in [6, 6.07) is 20.1. The van der Waals surface area contributed by atoms with Crippen molar-refractivity contribution in [3.05, 3.63) is 97.3 Å². The van der Waals surface area contributed by atoms with E-state index in [0.717, 1.165) is 27.5 Å². The lowest BCUT2D eigenvalue weighted by atomic mass is 10.1. The number of anilines is 2. The number of para-hydroxylation sites is 1. The van der Waals surface area contributed by atoms with Crippen molar-refractivity contribution in [1.82, 2.24) is 0 Å². The van der Waals surface area contributed by atoms with Gasteiger partial charge >= 0.3 is 0 Å². The average molecular weight is 576 g/mol. The van der Waals surface area contributed by atoms with Gasteiger partial charge < -0.3 is 4.90 Å². The van der Waals surface area contributed by atoms with E-state index in [1.54, 1.807) is 23.1 Å². The van der Waals surface area contributed by atoms with Crippen LogP contribution < -0.4 is 9.80 Å². The lowest BCUT2D eigenvalue weighted by Gasteiger charge is -2.17. The fourth-order valence-corrected chi connectivity index (χ4v) is 5.95. The fourth-order valence-electron chi connectivity index (χ4n) is 3.84. The van der Waals surface area contributed by atoms with Gasteiger partial charge in [-0.2, -0.15) is 0 Å². The molecule has 0 radical (unpaired) electrons. The third kappa shape index (κ3) is 4.02. The highest BCUT2D eigenvalue weighted by Crippen LogP contribution is 2.46. The van der Waals surface area contributed by atoms with Crippen molar-refractivity contribution in [2.45, 2.75) is 6.54 Å². The normalized spacial score (nSPS) is 17.8. The number of thiocarbonyl (C=S) groups is 1. The average Bonchev–Trinajstić information content (AvgIpc) is 3.23. The van der Waals surface area contributed by atoms with Gasteiger partial charge in [-0.15, -0.1) is 0 Å². The van der Waals surface area contributed by atoms with E-state index >= 15 is 0 Å². The summed E-state index contributed by atoms with van der Waals surface area (Å²) in [5.74, 6) is -0.586. The molecule has 0 bridgehead atoms. The van der Waals surface area contributed by atoms with Crippen molar-refractivity contribution in [3.8, 4) is 0 Å². The molecule has 0 aliphatic carbocycles. The van der Waals surface area contributed by atoms with Gasteiger partial charge in [-0.25, -0.2) is 0 Å². The maximum absolute atomic E-state index is 13.6. The Morgan fingerprint density at radius 2 is 1.70 bits per heavy atom. The second kappa shape index (κ2) is 8.89. The number of nitrogens with zero attached hydrogens (tertiary/aromatic N) is 2. The highest BCUT2D eigenvalue weighted by Gasteiger charge is 2.42. The van der Waals surface area contributed by atoms with Gasteiger partial charge in [-0.1, -0.05) is 93.4 Å². The zero-order chi connectivity index (χ0) is 23.3. The summed E-state index contributed by atoms with van der Waals surface area (Å²) in [5.41, 5.74) is 3.31. The molecular weight excluding hydrogens is 563 g/mol. The SMILES string of the molecule is O=C1C(=C2SC(=S)N(c3ccc(Cl)c(Cl)c3)C2=O)c2ccccc2N1Cc1cccc(Br)c1. The summed E-state index contributed by atoms with van der Waals surface area (Å²) in [6.45, 7) is 0.381. The van der Waals surface area contributed by atoms with Gasteiger partial charge in [0.1, 0.15) is 0 Å². The minimum atomic E-state index is -0.356. The Hall–Kier alpha value is -2.16. The van der Waals surface area contributed by atoms with Crippen LogP contribution in [0.5, 0.6) is 0 Å². The molecule has 5 rings (SSSR count). The lowest BCUT2D eigenvalue weighted by Crippen LogP contribution is -2.29. The zero-order valence-electron chi connectivity index (χ0n) is 16.7. The van der Waals surface area contributed by atoms with Gasteiger partial charge in [0.25, 0.3) is 11.8 Å². The van der Waals surface area contributed by atoms with E-state index in [0.29, 0.717) is 42.6 Å². The first-order valence-corrected chi connectivity index (χ1v) is 12.5. The number of fused-ring (bicyclic) bond motifs is 1. The van der Waals surface area contributed by atoms with Crippen LogP contribution in [0.25, 0.3) is 5.57 Å². The predicted molar refractivity (Wildman–Crippen MR) is 143 cm³/mol. The minimum absolute atomic E-state index is 0.231. The second-order valence-electron chi connectivity index (χ2n) is 7.35. The Labute approximate surface area is 218 Å². The zero-order valence-corrected chi connectivity index (χ0v) is 21.5. The van der Waals surface area contributed by atoms with Crippen molar-refractivity contribution in [2.75, 3.05) is 9.80 Å². The molecule has 4 nitrogen and oxygen atoms in total. The van der Waals surface area contributed by atoms with E-state index in [1.807, 2.05) is 48.5 Å². The van der Waals surface area contributed by atoms with Crippen LogP contribution in [-0.2, 0) is 16.1 Å². The van der Waals surface area contributed by atoms with Crippen LogP contribution in [0, 0.1) is 0 Å². The number of benzene rings is 3. The third-order valence-electron chi connectivity index (χ3n) is 5.31. The number of carbonyl (C=O) groups excluding carboxylic acids is 2. The number of hydrogen-bond donors (Lipinski definition) is 0. The van der Waals surface area contributed by atoms with Crippen molar-refractivity contribution in [2.24, 2.45) is 0 Å². The molecule has 1 fully saturated rings. The van der Waals surface area contributed by atoms with E-state index in [4.69, 9.17) is 35.4 Å². The largest absolute Gasteiger partial charge is 0.303 e. The van der Waals surface area contributed by atoms with Gasteiger partial charge in [0.05, 0.1) is 38.4 Å². The summed E-state index contributed by atoms with van der Waals surface area (Å²) in [7, 11) is 0. The topological polar surface area (TPSA) is 40.6 Å². The van der Waals surface area contributed by atoms with Gasteiger partial charge in [0, 0.05) is 10.0 Å². The molecule has 0 saturated carbocycles. The van der Waals surface area contributed by atoms with Crippen LogP contribution >= 0.6 is 63.1 Å². The molecule has 0 aromatic heterocycles. The first-order valence-electron chi connectivity index (χ1n) is 9.76. The Bertz CT molecular complexity index is 1390. The Morgan fingerprint density at radius 1 is 0.909 bits per heavy atom. The maximum Gasteiger partial charge on any atom is 0.271 e. The first kappa shape index (κ1) is 22.6. The summed E-state index contributed by atoms with van der Waals surface area (Å²) in [6.07, 6.45) is 0. The van der Waals surface area contributed by atoms with Crippen LogP contribution in [0.2, 0.25) is 10.0 Å². The van der Waals surface area contributed by atoms with Crippen LogP contribution in [0.3, 0.4) is 0 Å². The number of hydrogen-bond acceptors (Lipinski definition) is 4. The molecule has 2 amide bonds. The number of halogens is 3. The van der Waals surface area contributed by atoms with Gasteiger partial charge in [0.15, 0.2) is 4.32 Å². The number of carbonyl (C=O) groups is 2. The monoisotopic (exact) mass is 574 g/mol. The van der Waals surface area contributed by atoms with Crippen LogP contribution in [0.15, 0.2) is 76.1 Å². The lowest BCUT2D eigenvalue weighted by molar-refractivity contribution is -0.115. The molecule has 9 heteroatoms. The van der Waals surface area contributed by atoms with Crippen LogP contribution in [0.4, 0.5) is 11.4 Å². The molecule has 2 aliphatic rings. The van der Waals surface area contributed by atoms with E-state index in [2.05, 4.69) is 15.9 Å². The van der Waals surface area contributed by atoms with Crippen LogP contribution in [-0.4, -0.2) is 16.1 Å². The quantitative estimate of drug-likeness (QED) is 0.247. The standard InChI is InChI=1S/C24H13BrCl2N2O2S2/c25-14-5-3-4-13(10-14)12-28-19-7-2-1-6-16(19)20(22(28)30)21-23(31)29(24(32)33-21)15-8-9-17(26)18(27)11-15/h1-11H,12H2. The Balaban J connectivity index is 1.57. The molecule has 33 heavy (non-hydrogen) atoms. The fraction of sp³-hybridized carbons (Fsp3) is 0.0417. The van der Waals surface area contributed by atoms with Crippen LogP contribution in [0.1, 0.15) is 11.1 Å². The molecule has 3 aromatic rings. The molecule has 164 valence electrons. The van der Waals surface area contributed by atoms with E-state index < -0.39 is 0 Å². The van der Waals surface area contributed by atoms with Crippen molar-refractivity contribution < 1.29 is 9.59 Å². The summed E-state index contributed by atoms with van der Waals surface area (Å²) in [4.78, 5) is 30.5. The molecule has 1 saturated heterocycles. The molecule has 0 unspecified atom stereocenters. The second-order valence-corrected chi connectivity index (χ2v) is 10.7.